The Labute approximate surface area is 117 Å². The van der Waals surface area contributed by atoms with Crippen LogP contribution >= 0.6 is 11.8 Å². The van der Waals surface area contributed by atoms with E-state index in [1.165, 1.54) is 11.8 Å². The average molecular weight is 275 g/mol. The zero-order valence-electron chi connectivity index (χ0n) is 11.3. The van der Waals surface area contributed by atoms with Crippen molar-refractivity contribution in [1.82, 2.24) is 5.32 Å². The van der Waals surface area contributed by atoms with Gasteiger partial charge in [-0.15, -0.1) is 0 Å². The van der Waals surface area contributed by atoms with E-state index in [2.05, 4.69) is 5.32 Å². The van der Waals surface area contributed by atoms with Gasteiger partial charge in [-0.25, -0.2) is 0 Å². The Morgan fingerprint density at radius 3 is 2.53 bits per heavy atom. The lowest BCUT2D eigenvalue weighted by Crippen LogP contribution is -2.40. The molecule has 1 N–H and O–H groups in total. The first-order valence-electron chi connectivity index (χ1n) is 6.08. The molecule has 0 atom stereocenters. The first-order valence-corrected chi connectivity index (χ1v) is 6.90. The number of carbonyl (C=O) groups is 1. The molecule has 0 radical (unpaired) electrons. The Bertz CT molecular complexity index is 556. The molecular formula is C15H17NO2S. The van der Waals surface area contributed by atoms with Gasteiger partial charge in [0.05, 0.1) is 11.8 Å². The predicted octanol–water partition coefficient (Wildman–Crippen LogP) is 3.96. The van der Waals surface area contributed by atoms with Crippen LogP contribution in [0.15, 0.2) is 57.1 Å². The second kappa shape index (κ2) is 5.53. The van der Waals surface area contributed by atoms with E-state index >= 15 is 0 Å². The summed E-state index contributed by atoms with van der Waals surface area (Å²) in [6.45, 7) is 5.90. The van der Waals surface area contributed by atoms with Gasteiger partial charge in [0.15, 0.2) is 5.09 Å². The number of benzene rings is 1. The number of nitrogens with one attached hydrogen (secondary N) is 1. The summed E-state index contributed by atoms with van der Waals surface area (Å²) < 4.78 is 5.30. The van der Waals surface area contributed by atoms with Gasteiger partial charge in [0, 0.05) is 10.4 Å². The summed E-state index contributed by atoms with van der Waals surface area (Å²) in [5.41, 5.74) is 0.415. The lowest BCUT2D eigenvalue weighted by Gasteiger charge is -2.21. The van der Waals surface area contributed by atoms with Crippen molar-refractivity contribution in [2.45, 2.75) is 36.3 Å². The normalized spacial score (nSPS) is 11.3. The highest BCUT2D eigenvalue weighted by atomic mass is 32.2. The fraction of sp³-hybridized carbons (Fsp3) is 0.267. The standard InChI is InChI=1S/C15H17NO2S/c1-15(2,3)16-14(17)11-7-4-5-8-12(11)19-13-9-6-10-18-13/h4-10H,1-3H3,(H,16,17). The van der Waals surface area contributed by atoms with Gasteiger partial charge < -0.3 is 9.73 Å². The molecule has 0 unspecified atom stereocenters. The monoisotopic (exact) mass is 275 g/mol. The van der Waals surface area contributed by atoms with Gasteiger partial charge in [-0.3, -0.25) is 4.79 Å². The summed E-state index contributed by atoms with van der Waals surface area (Å²) in [4.78, 5) is 13.1. The molecule has 2 rings (SSSR count). The molecule has 0 aliphatic rings. The molecule has 0 aliphatic heterocycles. The van der Waals surface area contributed by atoms with Crippen molar-refractivity contribution < 1.29 is 9.21 Å². The van der Waals surface area contributed by atoms with Gasteiger partial charge in [0.25, 0.3) is 5.91 Å². The molecule has 19 heavy (non-hydrogen) atoms. The minimum atomic E-state index is -0.250. The number of carbonyl (C=O) groups excluding carboxylic acids is 1. The average Bonchev–Trinajstić information content (AvgIpc) is 2.80. The molecule has 2 aromatic rings. The third kappa shape index (κ3) is 3.89. The molecule has 1 heterocycles. The van der Waals surface area contributed by atoms with Crippen molar-refractivity contribution in [1.29, 1.82) is 0 Å². The summed E-state index contributed by atoms with van der Waals surface area (Å²) >= 11 is 1.45. The highest BCUT2D eigenvalue weighted by Crippen LogP contribution is 2.30. The van der Waals surface area contributed by atoms with Crippen LogP contribution in [0.25, 0.3) is 0 Å². The molecule has 0 spiro atoms. The maximum absolute atomic E-state index is 12.3. The Morgan fingerprint density at radius 2 is 1.89 bits per heavy atom. The SMILES string of the molecule is CC(C)(C)NC(=O)c1ccccc1Sc1ccco1. The fourth-order valence-electron chi connectivity index (χ4n) is 1.58. The van der Waals surface area contributed by atoms with Crippen LogP contribution in [-0.2, 0) is 0 Å². The predicted molar refractivity (Wildman–Crippen MR) is 76.5 cm³/mol. The van der Waals surface area contributed by atoms with Gasteiger partial charge in [0.1, 0.15) is 0 Å². The smallest absolute Gasteiger partial charge is 0.252 e. The largest absolute Gasteiger partial charge is 0.458 e. The lowest BCUT2D eigenvalue weighted by atomic mass is 10.1. The number of furan rings is 1. The minimum absolute atomic E-state index is 0.0674. The van der Waals surface area contributed by atoms with Gasteiger partial charge in [-0.1, -0.05) is 23.9 Å². The second-order valence-corrected chi connectivity index (χ2v) is 6.28. The van der Waals surface area contributed by atoms with Crippen molar-refractivity contribution in [3.05, 3.63) is 48.2 Å². The second-order valence-electron chi connectivity index (χ2n) is 5.23. The molecule has 1 amide bonds. The Kier molecular flexibility index (Phi) is 4.00. The Balaban J connectivity index is 2.23. The summed E-state index contributed by atoms with van der Waals surface area (Å²) in [5, 5.41) is 3.75. The molecule has 1 aromatic heterocycles. The highest BCUT2D eigenvalue weighted by Gasteiger charge is 2.18. The zero-order valence-corrected chi connectivity index (χ0v) is 12.1. The van der Waals surface area contributed by atoms with Crippen molar-refractivity contribution in [2.75, 3.05) is 0 Å². The highest BCUT2D eigenvalue weighted by molar-refractivity contribution is 7.99. The quantitative estimate of drug-likeness (QED) is 0.922. The van der Waals surface area contributed by atoms with E-state index < -0.39 is 0 Å². The number of rotatable bonds is 3. The van der Waals surface area contributed by atoms with Crippen LogP contribution in [0, 0.1) is 0 Å². The fourth-order valence-corrected chi connectivity index (χ4v) is 2.47. The summed E-state index contributed by atoms with van der Waals surface area (Å²) in [6.07, 6.45) is 1.63. The molecule has 0 aliphatic carbocycles. The Hall–Kier alpha value is -1.68. The maximum Gasteiger partial charge on any atom is 0.252 e. The number of amides is 1. The van der Waals surface area contributed by atoms with Crippen LogP contribution in [0.3, 0.4) is 0 Å². The summed E-state index contributed by atoms with van der Waals surface area (Å²) in [5.74, 6) is -0.0674. The van der Waals surface area contributed by atoms with Crippen LogP contribution in [-0.4, -0.2) is 11.4 Å². The number of hydrogen-bond donors (Lipinski definition) is 1. The first-order chi connectivity index (χ1) is 8.96. The van der Waals surface area contributed by atoms with E-state index in [1.54, 1.807) is 6.26 Å². The van der Waals surface area contributed by atoms with E-state index in [0.29, 0.717) is 5.56 Å². The molecule has 1 aromatic carbocycles. The topological polar surface area (TPSA) is 42.2 Å². The third-order valence-electron chi connectivity index (χ3n) is 2.33. The molecule has 0 bridgehead atoms. The van der Waals surface area contributed by atoms with E-state index in [0.717, 1.165) is 9.99 Å². The van der Waals surface area contributed by atoms with Crippen molar-refractivity contribution in [2.24, 2.45) is 0 Å². The molecule has 3 nitrogen and oxygen atoms in total. The van der Waals surface area contributed by atoms with Crippen LogP contribution in [0.4, 0.5) is 0 Å². The molecular weight excluding hydrogens is 258 g/mol. The molecule has 0 saturated heterocycles. The molecule has 4 heteroatoms. The van der Waals surface area contributed by atoms with E-state index in [1.807, 2.05) is 57.2 Å². The van der Waals surface area contributed by atoms with Gasteiger partial charge in [-0.05, 0) is 45.0 Å². The maximum atomic E-state index is 12.3. The third-order valence-corrected chi connectivity index (χ3v) is 3.34. The lowest BCUT2D eigenvalue weighted by molar-refractivity contribution is 0.0916. The van der Waals surface area contributed by atoms with Crippen LogP contribution in [0.2, 0.25) is 0 Å². The van der Waals surface area contributed by atoms with Crippen molar-refractivity contribution in [3.8, 4) is 0 Å². The van der Waals surface area contributed by atoms with Crippen LogP contribution in [0.1, 0.15) is 31.1 Å². The first kappa shape index (κ1) is 13.7. The van der Waals surface area contributed by atoms with Gasteiger partial charge >= 0.3 is 0 Å². The minimum Gasteiger partial charge on any atom is -0.458 e. The van der Waals surface area contributed by atoms with Gasteiger partial charge in [-0.2, -0.15) is 0 Å². The summed E-state index contributed by atoms with van der Waals surface area (Å²) in [7, 11) is 0. The van der Waals surface area contributed by atoms with E-state index in [-0.39, 0.29) is 11.4 Å². The van der Waals surface area contributed by atoms with Crippen LogP contribution < -0.4 is 5.32 Å². The van der Waals surface area contributed by atoms with E-state index in [9.17, 15) is 4.79 Å². The van der Waals surface area contributed by atoms with Gasteiger partial charge in [0.2, 0.25) is 0 Å². The summed E-state index contributed by atoms with van der Waals surface area (Å²) in [6, 6.07) is 11.2. The number of hydrogen-bond acceptors (Lipinski definition) is 3. The molecule has 0 fully saturated rings. The molecule has 100 valence electrons. The van der Waals surface area contributed by atoms with Crippen molar-refractivity contribution in [3.63, 3.8) is 0 Å². The Morgan fingerprint density at radius 1 is 1.16 bits per heavy atom. The van der Waals surface area contributed by atoms with Crippen molar-refractivity contribution >= 4 is 17.7 Å². The van der Waals surface area contributed by atoms with Crippen LogP contribution in [0.5, 0.6) is 0 Å². The zero-order chi connectivity index (χ0) is 13.9. The molecule has 0 saturated carbocycles. The van der Waals surface area contributed by atoms with E-state index in [4.69, 9.17) is 4.42 Å².